The first kappa shape index (κ1) is 18.2. The summed E-state index contributed by atoms with van der Waals surface area (Å²) >= 11 is 0. The molecule has 3 heterocycles. The van der Waals surface area contributed by atoms with E-state index in [1.807, 2.05) is 24.9 Å². The van der Waals surface area contributed by atoms with Crippen molar-refractivity contribution in [2.24, 2.45) is 0 Å². The van der Waals surface area contributed by atoms with Gasteiger partial charge in [-0.15, -0.1) is 0 Å². The maximum Gasteiger partial charge on any atom is 0.255 e. The number of carbonyl (C=O) groups is 1. The fourth-order valence-electron chi connectivity index (χ4n) is 3.20. The minimum Gasteiger partial charge on any atom is -0.489 e. The van der Waals surface area contributed by atoms with Gasteiger partial charge in [-0.1, -0.05) is 0 Å². The fraction of sp³-hybridized carbons (Fsp3) is 0.500. The predicted octanol–water partition coefficient (Wildman–Crippen LogP) is 1.58. The van der Waals surface area contributed by atoms with Crippen LogP contribution in [0, 0.1) is 0 Å². The van der Waals surface area contributed by atoms with E-state index in [1.54, 1.807) is 36.3 Å². The van der Waals surface area contributed by atoms with E-state index in [0.717, 1.165) is 6.42 Å². The van der Waals surface area contributed by atoms with Crippen LogP contribution in [0.25, 0.3) is 0 Å². The zero-order valence-electron chi connectivity index (χ0n) is 15.3. The summed E-state index contributed by atoms with van der Waals surface area (Å²) in [6, 6.07) is 3.45. The molecular formula is C18H25N5O3. The first-order chi connectivity index (χ1) is 12.5. The van der Waals surface area contributed by atoms with E-state index in [2.05, 4.69) is 10.1 Å². The topological polar surface area (TPSA) is 95.5 Å². The molecule has 1 aliphatic heterocycles. The van der Waals surface area contributed by atoms with Crippen molar-refractivity contribution in [1.82, 2.24) is 19.7 Å². The lowest BCUT2D eigenvalue weighted by Crippen LogP contribution is -2.38. The first-order valence-corrected chi connectivity index (χ1v) is 8.70. The highest BCUT2D eigenvalue weighted by Crippen LogP contribution is 2.25. The predicted molar refractivity (Wildman–Crippen MR) is 96.9 cm³/mol. The van der Waals surface area contributed by atoms with Crippen molar-refractivity contribution in [3.8, 4) is 5.75 Å². The number of likely N-dealkylation sites (tertiary alicyclic amines) is 1. The molecule has 1 aliphatic rings. The number of nitrogens with two attached hydrogens (primary N) is 1. The van der Waals surface area contributed by atoms with E-state index in [1.165, 1.54) is 0 Å². The molecule has 2 aromatic rings. The molecule has 26 heavy (non-hydrogen) atoms. The van der Waals surface area contributed by atoms with Gasteiger partial charge >= 0.3 is 0 Å². The zero-order chi connectivity index (χ0) is 18.7. The third-order valence-corrected chi connectivity index (χ3v) is 4.36. The Morgan fingerprint density at radius 2 is 2.23 bits per heavy atom. The van der Waals surface area contributed by atoms with Gasteiger partial charge in [0, 0.05) is 26.0 Å². The molecule has 140 valence electrons. The number of amides is 1. The van der Waals surface area contributed by atoms with Gasteiger partial charge in [-0.3, -0.25) is 14.5 Å². The maximum atomic E-state index is 13.1. The van der Waals surface area contributed by atoms with Gasteiger partial charge in [0.15, 0.2) is 0 Å². The molecule has 8 heteroatoms. The number of rotatable bonds is 6. The zero-order valence-corrected chi connectivity index (χ0v) is 15.3. The van der Waals surface area contributed by atoms with Gasteiger partial charge in [0.2, 0.25) is 0 Å². The normalized spacial score (nSPS) is 19.9. The van der Waals surface area contributed by atoms with Crippen LogP contribution in [0.2, 0.25) is 0 Å². The molecule has 0 radical (unpaired) electrons. The van der Waals surface area contributed by atoms with E-state index in [-0.39, 0.29) is 24.2 Å². The van der Waals surface area contributed by atoms with Crippen LogP contribution in [0.1, 0.15) is 30.6 Å². The molecule has 1 amide bonds. The number of ether oxygens (including phenoxy) is 2. The van der Waals surface area contributed by atoms with Gasteiger partial charge in [0.25, 0.3) is 5.91 Å². The minimum absolute atomic E-state index is 0.0000787. The SMILES string of the molecule is CO[C@@H]1C[C@@H](Cn2ccc(N)n2)N(C(=O)c2cncc(OC(C)C)c2)C1. The molecule has 1 saturated heterocycles. The van der Waals surface area contributed by atoms with Crippen LogP contribution in [0.3, 0.4) is 0 Å². The van der Waals surface area contributed by atoms with E-state index in [9.17, 15) is 4.79 Å². The van der Waals surface area contributed by atoms with E-state index < -0.39 is 0 Å². The number of aromatic nitrogens is 3. The summed E-state index contributed by atoms with van der Waals surface area (Å²) in [6.45, 7) is 4.97. The molecule has 0 bridgehead atoms. The summed E-state index contributed by atoms with van der Waals surface area (Å²) in [5, 5.41) is 4.22. The Balaban J connectivity index is 1.78. The number of anilines is 1. The van der Waals surface area contributed by atoms with Gasteiger partial charge in [-0.05, 0) is 32.4 Å². The molecule has 3 rings (SSSR count). The summed E-state index contributed by atoms with van der Waals surface area (Å²) in [6.07, 6.45) is 5.76. The molecule has 0 aromatic carbocycles. The van der Waals surface area contributed by atoms with Gasteiger partial charge in [0.05, 0.1) is 36.6 Å². The van der Waals surface area contributed by atoms with Crippen molar-refractivity contribution in [1.29, 1.82) is 0 Å². The smallest absolute Gasteiger partial charge is 0.255 e. The van der Waals surface area contributed by atoms with Crippen LogP contribution in [0.15, 0.2) is 30.7 Å². The average molecular weight is 359 g/mol. The molecule has 0 unspecified atom stereocenters. The van der Waals surface area contributed by atoms with Crippen LogP contribution in [-0.4, -0.2) is 57.5 Å². The van der Waals surface area contributed by atoms with Crippen LogP contribution in [0.5, 0.6) is 5.75 Å². The Hall–Kier alpha value is -2.61. The lowest BCUT2D eigenvalue weighted by atomic mass is 10.2. The van der Waals surface area contributed by atoms with Crippen molar-refractivity contribution in [3.05, 3.63) is 36.3 Å². The number of nitrogens with zero attached hydrogens (tertiary/aromatic N) is 4. The van der Waals surface area contributed by atoms with E-state index in [0.29, 0.717) is 30.2 Å². The standard InChI is InChI=1S/C18H25N5O3/c1-12(2)26-15-6-13(8-20-9-15)18(24)23-11-16(25-3)7-14(23)10-22-5-4-17(19)21-22/h4-6,8-9,12,14,16H,7,10-11H2,1-3H3,(H2,19,21)/t14-,16+/m0/s1. The Labute approximate surface area is 152 Å². The molecule has 2 atom stereocenters. The summed E-state index contributed by atoms with van der Waals surface area (Å²) in [4.78, 5) is 19.0. The number of methoxy groups -OCH3 is 1. The van der Waals surface area contributed by atoms with Crippen LogP contribution in [0.4, 0.5) is 5.82 Å². The van der Waals surface area contributed by atoms with Crippen LogP contribution < -0.4 is 10.5 Å². The van der Waals surface area contributed by atoms with Crippen LogP contribution in [-0.2, 0) is 11.3 Å². The fourth-order valence-corrected chi connectivity index (χ4v) is 3.20. The highest BCUT2D eigenvalue weighted by Gasteiger charge is 2.36. The maximum absolute atomic E-state index is 13.1. The van der Waals surface area contributed by atoms with Crippen molar-refractivity contribution < 1.29 is 14.3 Å². The van der Waals surface area contributed by atoms with Crippen LogP contribution >= 0.6 is 0 Å². The van der Waals surface area contributed by atoms with E-state index >= 15 is 0 Å². The van der Waals surface area contributed by atoms with E-state index in [4.69, 9.17) is 15.2 Å². The number of pyridine rings is 1. The molecule has 2 aromatic heterocycles. The number of carbonyl (C=O) groups excluding carboxylic acids is 1. The molecule has 0 spiro atoms. The Morgan fingerprint density at radius 3 is 2.88 bits per heavy atom. The Kier molecular flexibility index (Phi) is 5.41. The van der Waals surface area contributed by atoms with Crippen molar-refractivity contribution in [3.63, 3.8) is 0 Å². The summed E-state index contributed by atoms with van der Waals surface area (Å²) in [7, 11) is 1.67. The molecular weight excluding hydrogens is 334 g/mol. The van der Waals surface area contributed by atoms with Gasteiger partial charge < -0.3 is 20.1 Å². The average Bonchev–Trinajstić information content (AvgIpc) is 3.20. The number of hydrogen-bond acceptors (Lipinski definition) is 6. The lowest BCUT2D eigenvalue weighted by molar-refractivity contribution is 0.0677. The third-order valence-electron chi connectivity index (χ3n) is 4.36. The highest BCUT2D eigenvalue weighted by molar-refractivity contribution is 5.94. The largest absolute Gasteiger partial charge is 0.489 e. The lowest BCUT2D eigenvalue weighted by Gasteiger charge is -2.24. The van der Waals surface area contributed by atoms with Gasteiger partial charge in [-0.25, -0.2) is 0 Å². The molecule has 1 fully saturated rings. The molecule has 0 aliphatic carbocycles. The Bertz CT molecular complexity index is 761. The third kappa shape index (κ3) is 4.13. The van der Waals surface area contributed by atoms with Crippen molar-refractivity contribution >= 4 is 11.7 Å². The van der Waals surface area contributed by atoms with Gasteiger partial charge in [-0.2, -0.15) is 5.10 Å². The second-order valence-corrected chi connectivity index (χ2v) is 6.74. The van der Waals surface area contributed by atoms with Crippen molar-refractivity contribution in [2.45, 2.75) is 45.1 Å². The second kappa shape index (κ2) is 7.74. The van der Waals surface area contributed by atoms with Crippen molar-refractivity contribution in [2.75, 3.05) is 19.4 Å². The number of hydrogen-bond donors (Lipinski definition) is 1. The quantitative estimate of drug-likeness (QED) is 0.841. The highest BCUT2D eigenvalue weighted by atomic mass is 16.5. The summed E-state index contributed by atoms with van der Waals surface area (Å²) in [5.41, 5.74) is 6.19. The minimum atomic E-state index is -0.0867. The Morgan fingerprint density at radius 1 is 1.42 bits per heavy atom. The summed E-state index contributed by atoms with van der Waals surface area (Å²) in [5.74, 6) is 0.966. The molecule has 8 nitrogen and oxygen atoms in total. The molecule has 0 saturated carbocycles. The molecule has 2 N–H and O–H groups in total. The first-order valence-electron chi connectivity index (χ1n) is 8.70. The van der Waals surface area contributed by atoms with Gasteiger partial charge in [0.1, 0.15) is 11.6 Å². The number of nitrogen functional groups attached to an aromatic ring is 1. The monoisotopic (exact) mass is 359 g/mol. The summed E-state index contributed by atoms with van der Waals surface area (Å²) < 4.78 is 12.9. The second-order valence-electron chi connectivity index (χ2n) is 6.74.